The van der Waals surface area contributed by atoms with Gasteiger partial charge in [-0.15, -0.1) is 0 Å². The van der Waals surface area contributed by atoms with Crippen molar-refractivity contribution in [3.8, 4) is 0 Å². The lowest BCUT2D eigenvalue weighted by molar-refractivity contribution is 0.0950. The standard InChI is InChI=1S/C12H10BrN3O/c13-11-4-2-1-3-9(11)7-14-12(17)10-5-6-15-16-8-10/h1-6,8H,7H2,(H,14,17). The summed E-state index contributed by atoms with van der Waals surface area (Å²) in [5.74, 6) is -0.157. The molecule has 0 saturated heterocycles. The summed E-state index contributed by atoms with van der Waals surface area (Å²) >= 11 is 3.43. The van der Waals surface area contributed by atoms with Crippen LogP contribution in [0.2, 0.25) is 0 Å². The van der Waals surface area contributed by atoms with Gasteiger partial charge in [0.15, 0.2) is 0 Å². The van der Waals surface area contributed by atoms with Crippen LogP contribution in [0.3, 0.4) is 0 Å². The van der Waals surface area contributed by atoms with Crippen LogP contribution in [0.25, 0.3) is 0 Å². The normalized spacial score (nSPS) is 9.94. The zero-order valence-electron chi connectivity index (χ0n) is 8.93. The fourth-order valence-corrected chi connectivity index (χ4v) is 1.77. The van der Waals surface area contributed by atoms with Crippen molar-refractivity contribution >= 4 is 21.8 Å². The molecule has 1 heterocycles. The number of nitrogens with zero attached hydrogens (tertiary/aromatic N) is 2. The maximum atomic E-state index is 11.7. The van der Waals surface area contributed by atoms with E-state index in [2.05, 4.69) is 31.4 Å². The number of rotatable bonds is 3. The summed E-state index contributed by atoms with van der Waals surface area (Å²) in [7, 11) is 0. The first-order valence-electron chi connectivity index (χ1n) is 5.05. The Hall–Kier alpha value is -1.75. The van der Waals surface area contributed by atoms with Crippen molar-refractivity contribution in [2.75, 3.05) is 0 Å². The molecule has 5 heteroatoms. The van der Waals surface area contributed by atoms with Crippen LogP contribution in [0.4, 0.5) is 0 Å². The SMILES string of the molecule is O=C(NCc1ccccc1Br)c1ccnnc1. The van der Waals surface area contributed by atoms with Crippen LogP contribution in [-0.4, -0.2) is 16.1 Å². The fraction of sp³-hybridized carbons (Fsp3) is 0.0833. The highest BCUT2D eigenvalue weighted by molar-refractivity contribution is 9.10. The van der Waals surface area contributed by atoms with Gasteiger partial charge in [-0.1, -0.05) is 34.1 Å². The first-order valence-corrected chi connectivity index (χ1v) is 5.85. The Morgan fingerprint density at radius 1 is 1.24 bits per heavy atom. The van der Waals surface area contributed by atoms with Gasteiger partial charge in [0.1, 0.15) is 0 Å². The van der Waals surface area contributed by atoms with Crippen LogP contribution in [0.1, 0.15) is 15.9 Å². The first-order chi connectivity index (χ1) is 8.27. The lowest BCUT2D eigenvalue weighted by Crippen LogP contribution is -2.23. The zero-order valence-corrected chi connectivity index (χ0v) is 10.5. The van der Waals surface area contributed by atoms with Crippen molar-refractivity contribution in [2.24, 2.45) is 0 Å². The maximum absolute atomic E-state index is 11.7. The number of aromatic nitrogens is 2. The molecule has 86 valence electrons. The largest absolute Gasteiger partial charge is 0.348 e. The maximum Gasteiger partial charge on any atom is 0.253 e. The van der Waals surface area contributed by atoms with Crippen LogP contribution in [-0.2, 0) is 6.54 Å². The minimum Gasteiger partial charge on any atom is -0.348 e. The molecule has 1 aromatic heterocycles. The van der Waals surface area contributed by atoms with Gasteiger partial charge in [-0.25, -0.2) is 0 Å². The van der Waals surface area contributed by atoms with Crippen LogP contribution in [0.5, 0.6) is 0 Å². The van der Waals surface area contributed by atoms with Gasteiger partial charge in [-0.05, 0) is 17.7 Å². The molecule has 0 radical (unpaired) electrons. The summed E-state index contributed by atoms with van der Waals surface area (Å²) in [5, 5.41) is 10.1. The van der Waals surface area contributed by atoms with Crippen molar-refractivity contribution in [3.05, 3.63) is 58.3 Å². The third-order valence-corrected chi connectivity index (χ3v) is 3.02. The second kappa shape index (κ2) is 5.54. The molecule has 1 amide bonds. The minimum atomic E-state index is -0.157. The monoisotopic (exact) mass is 291 g/mol. The van der Waals surface area contributed by atoms with E-state index in [0.29, 0.717) is 12.1 Å². The Morgan fingerprint density at radius 3 is 2.76 bits per heavy atom. The lowest BCUT2D eigenvalue weighted by Gasteiger charge is -2.06. The van der Waals surface area contributed by atoms with Gasteiger partial charge in [0, 0.05) is 11.0 Å². The Morgan fingerprint density at radius 2 is 2.06 bits per heavy atom. The van der Waals surface area contributed by atoms with Gasteiger partial charge in [0.25, 0.3) is 5.91 Å². The third kappa shape index (κ3) is 3.10. The van der Waals surface area contributed by atoms with Crippen LogP contribution >= 0.6 is 15.9 Å². The second-order valence-corrected chi connectivity index (χ2v) is 4.26. The molecule has 0 bridgehead atoms. The van der Waals surface area contributed by atoms with Gasteiger partial charge in [-0.3, -0.25) is 4.79 Å². The van der Waals surface area contributed by atoms with Crippen LogP contribution in [0.15, 0.2) is 47.2 Å². The van der Waals surface area contributed by atoms with E-state index in [-0.39, 0.29) is 5.91 Å². The van der Waals surface area contributed by atoms with Crippen molar-refractivity contribution in [1.29, 1.82) is 0 Å². The number of halogens is 1. The Bertz CT molecular complexity index is 516. The van der Waals surface area contributed by atoms with Gasteiger partial charge >= 0.3 is 0 Å². The van der Waals surface area contributed by atoms with E-state index in [1.165, 1.54) is 12.4 Å². The quantitative estimate of drug-likeness (QED) is 0.943. The summed E-state index contributed by atoms with van der Waals surface area (Å²) in [6.45, 7) is 0.475. The molecule has 1 aromatic carbocycles. The van der Waals surface area contributed by atoms with Gasteiger partial charge in [-0.2, -0.15) is 10.2 Å². The highest BCUT2D eigenvalue weighted by Gasteiger charge is 2.05. The van der Waals surface area contributed by atoms with E-state index in [4.69, 9.17) is 0 Å². The average molecular weight is 292 g/mol. The lowest BCUT2D eigenvalue weighted by atomic mass is 10.2. The Balaban J connectivity index is 2.00. The van der Waals surface area contributed by atoms with Crippen molar-refractivity contribution < 1.29 is 4.79 Å². The van der Waals surface area contributed by atoms with Gasteiger partial charge in [0.2, 0.25) is 0 Å². The van der Waals surface area contributed by atoms with Crippen molar-refractivity contribution in [3.63, 3.8) is 0 Å². The van der Waals surface area contributed by atoms with E-state index in [1.54, 1.807) is 6.07 Å². The predicted octanol–water partition coefficient (Wildman–Crippen LogP) is 2.17. The molecule has 17 heavy (non-hydrogen) atoms. The second-order valence-electron chi connectivity index (χ2n) is 3.41. The molecule has 0 aliphatic rings. The molecule has 2 rings (SSSR count). The Labute approximate surface area is 107 Å². The van der Waals surface area contributed by atoms with E-state index in [1.807, 2.05) is 24.3 Å². The number of benzene rings is 1. The van der Waals surface area contributed by atoms with Crippen LogP contribution in [0, 0.1) is 0 Å². The van der Waals surface area contributed by atoms with E-state index < -0.39 is 0 Å². The highest BCUT2D eigenvalue weighted by Crippen LogP contribution is 2.15. The van der Waals surface area contributed by atoms with Crippen molar-refractivity contribution in [1.82, 2.24) is 15.5 Å². The molecule has 0 spiro atoms. The van der Waals surface area contributed by atoms with Gasteiger partial charge < -0.3 is 5.32 Å². The smallest absolute Gasteiger partial charge is 0.253 e. The summed E-state index contributed by atoms with van der Waals surface area (Å²) in [6, 6.07) is 9.38. The molecule has 0 fully saturated rings. The molecule has 2 aromatic rings. The molecule has 0 unspecified atom stereocenters. The van der Waals surface area contributed by atoms with E-state index in [0.717, 1.165) is 10.0 Å². The molecule has 0 saturated carbocycles. The van der Waals surface area contributed by atoms with Gasteiger partial charge in [0.05, 0.1) is 18.0 Å². The molecular weight excluding hydrogens is 282 g/mol. The zero-order chi connectivity index (χ0) is 12.1. The number of amides is 1. The minimum absolute atomic E-state index is 0.157. The number of hydrogen-bond donors (Lipinski definition) is 1. The van der Waals surface area contributed by atoms with E-state index in [9.17, 15) is 4.79 Å². The number of carbonyl (C=O) groups is 1. The number of hydrogen-bond acceptors (Lipinski definition) is 3. The highest BCUT2D eigenvalue weighted by atomic mass is 79.9. The van der Waals surface area contributed by atoms with Crippen LogP contribution < -0.4 is 5.32 Å². The predicted molar refractivity (Wildman–Crippen MR) is 67.3 cm³/mol. The van der Waals surface area contributed by atoms with Crippen molar-refractivity contribution in [2.45, 2.75) is 6.54 Å². The molecule has 0 atom stereocenters. The average Bonchev–Trinajstić information content (AvgIpc) is 2.38. The fourth-order valence-electron chi connectivity index (χ4n) is 1.34. The summed E-state index contributed by atoms with van der Waals surface area (Å²) in [6.07, 6.45) is 2.93. The number of nitrogens with one attached hydrogen (secondary N) is 1. The summed E-state index contributed by atoms with van der Waals surface area (Å²) in [5.41, 5.74) is 1.54. The molecule has 4 nitrogen and oxygen atoms in total. The summed E-state index contributed by atoms with van der Waals surface area (Å²) < 4.78 is 0.980. The molecule has 0 aliphatic heterocycles. The topological polar surface area (TPSA) is 54.9 Å². The summed E-state index contributed by atoms with van der Waals surface area (Å²) in [4.78, 5) is 11.7. The molecular formula is C12H10BrN3O. The molecule has 0 aliphatic carbocycles. The third-order valence-electron chi connectivity index (χ3n) is 2.24. The first kappa shape index (κ1) is 11.7. The number of carbonyl (C=O) groups excluding carboxylic acids is 1. The van der Waals surface area contributed by atoms with E-state index >= 15 is 0 Å². The molecule has 1 N–H and O–H groups in total. The Kier molecular flexibility index (Phi) is 3.82.